The molecule has 1 heterocycles. The molecule has 6 heteroatoms. The maximum atomic E-state index is 13.1. The van der Waals surface area contributed by atoms with Crippen molar-refractivity contribution in [1.82, 2.24) is 0 Å². The minimum absolute atomic E-state index is 0.0424. The van der Waals surface area contributed by atoms with Crippen molar-refractivity contribution in [2.24, 2.45) is 7.92 Å². The van der Waals surface area contributed by atoms with E-state index in [-0.39, 0.29) is 19.6 Å². The molecule has 0 atom stereocenters. The van der Waals surface area contributed by atoms with Gasteiger partial charge in [-0.25, -0.2) is 0 Å². The molecule has 2 aromatic rings. The fourth-order valence-corrected chi connectivity index (χ4v) is 3.15. The first-order valence-electron chi connectivity index (χ1n) is 5.63. The van der Waals surface area contributed by atoms with E-state index in [0.29, 0.717) is 6.54 Å². The third-order valence-electron chi connectivity index (χ3n) is 2.75. The second kappa shape index (κ2) is 5.29. The average Bonchev–Trinajstić information content (AvgIpc) is 2.89. The van der Waals surface area contributed by atoms with Crippen LogP contribution in [-0.2, 0) is 6.54 Å². The van der Waals surface area contributed by atoms with Crippen LogP contribution in [0.25, 0.3) is 0 Å². The van der Waals surface area contributed by atoms with Crippen LogP contribution >= 0.6 is 11.6 Å². The van der Waals surface area contributed by atoms with Crippen LogP contribution in [0.5, 0.6) is 0 Å². The van der Waals surface area contributed by atoms with Crippen molar-refractivity contribution >= 4 is 43.2 Å². The molecule has 0 amide bonds. The molecule has 1 aliphatic rings. The Morgan fingerprint density at radius 1 is 1.21 bits per heavy atom. The van der Waals surface area contributed by atoms with Crippen LogP contribution in [0.4, 0.5) is 21.5 Å². The second-order valence-electron chi connectivity index (χ2n) is 4.04. The van der Waals surface area contributed by atoms with Crippen molar-refractivity contribution in [1.29, 1.82) is 0 Å². The first kappa shape index (κ1) is 12.6. The molecule has 0 aliphatic carbocycles. The van der Waals surface area contributed by atoms with E-state index in [1.807, 2.05) is 18.2 Å². The van der Waals surface area contributed by atoms with Crippen molar-refractivity contribution in [2.75, 3.05) is 5.32 Å². The van der Waals surface area contributed by atoms with Gasteiger partial charge in [0, 0.05) is 0 Å². The standard InChI is InChI=1S/C13H9ClFN3Se/c14-9-6-8(4-5-10(9)15)7-16-11-2-1-3-12-13(11)18-19-17-12/h1-6,16H,7H2. The van der Waals surface area contributed by atoms with E-state index < -0.39 is 5.82 Å². The molecule has 2 aromatic carbocycles. The Kier molecular flexibility index (Phi) is 3.51. The van der Waals surface area contributed by atoms with Crippen molar-refractivity contribution in [3.63, 3.8) is 0 Å². The molecule has 0 spiro atoms. The van der Waals surface area contributed by atoms with Gasteiger partial charge in [-0.1, -0.05) is 0 Å². The Morgan fingerprint density at radius 2 is 2.11 bits per heavy atom. The van der Waals surface area contributed by atoms with E-state index in [1.165, 1.54) is 6.07 Å². The van der Waals surface area contributed by atoms with Gasteiger partial charge in [0.05, 0.1) is 0 Å². The van der Waals surface area contributed by atoms with Gasteiger partial charge in [0.25, 0.3) is 0 Å². The molecular formula is C13H9ClFN3Se. The summed E-state index contributed by atoms with van der Waals surface area (Å²) in [5.74, 6) is -0.400. The summed E-state index contributed by atoms with van der Waals surface area (Å²) >= 11 is 5.71. The van der Waals surface area contributed by atoms with Crippen LogP contribution in [0.3, 0.4) is 0 Å². The van der Waals surface area contributed by atoms with Gasteiger partial charge in [0.2, 0.25) is 0 Å². The Labute approximate surface area is 120 Å². The predicted octanol–water partition coefficient (Wildman–Crippen LogP) is 4.44. The minimum atomic E-state index is -0.400. The first-order valence-corrected chi connectivity index (χ1v) is 7.54. The van der Waals surface area contributed by atoms with Crippen molar-refractivity contribution in [3.8, 4) is 0 Å². The molecule has 0 fully saturated rings. The summed E-state index contributed by atoms with van der Waals surface area (Å²) in [7, 11) is 0. The Hall–Kier alpha value is -1.42. The summed E-state index contributed by atoms with van der Waals surface area (Å²) in [6.07, 6.45) is 0. The number of hydrogen-bond acceptors (Lipinski definition) is 3. The molecule has 19 heavy (non-hydrogen) atoms. The summed E-state index contributed by atoms with van der Waals surface area (Å²) in [6.45, 7) is 0.568. The van der Waals surface area contributed by atoms with E-state index in [1.54, 1.807) is 12.1 Å². The zero-order valence-electron chi connectivity index (χ0n) is 9.73. The molecule has 3 rings (SSSR count). The van der Waals surface area contributed by atoms with Crippen LogP contribution in [0.1, 0.15) is 5.56 Å². The quantitative estimate of drug-likeness (QED) is 0.703. The topological polar surface area (TPSA) is 36.8 Å². The zero-order chi connectivity index (χ0) is 13.2. The number of benzene rings is 2. The van der Waals surface area contributed by atoms with Crippen molar-refractivity contribution < 1.29 is 4.39 Å². The molecule has 0 radical (unpaired) electrons. The van der Waals surface area contributed by atoms with Gasteiger partial charge < -0.3 is 0 Å². The first-order chi connectivity index (χ1) is 9.24. The van der Waals surface area contributed by atoms with Crippen LogP contribution in [-0.4, -0.2) is 14.6 Å². The normalized spacial score (nSPS) is 12.1. The molecule has 1 N–H and O–H groups in total. The number of nitrogens with zero attached hydrogens (tertiary/aromatic N) is 2. The monoisotopic (exact) mass is 341 g/mol. The van der Waals surface area contributed by atoms with Gasteiger partial charge in [0.1, 0.15) is 0 Å². The molecule has 0 saturated carbocycles. The zero-order valence-corrected chi connectivity index (χ0v) is 12.2. The molecule has 1 aliphatic heterocycles. The summed E-state index contributed by atoms with van der Waals surface area (Å²) in [5.41, 5.74) is 3.71. The van der Waals surface area contributed by atoms with E-state index >= 15 is 0 Å². The summed E-state index contributed by atoms with van der Waals surface area (Å²) < 4.78 is 21.8. The maximum absolute atomic E-state index is 13.1. The molecule has 0 aromatic heterocycles. The van der Waals surface area contributed by atoms with Gasteiger partial charge in [-0.15, -0.1) is 0 Å². The fraction of sp³-hybridized carbons (Fsp3) is 0.0769. The number of anilines is 1. The molecule has 96 valence electrons. The van der Waals surface area contributed by atoms with E-state index in [2.05, 4.69) is 13.2 Å². The number of halogens is 2. The number of rotatable bonds is 3. The average molecular weight is 341 g/mol. The van der Waals surface area contributed by atoms with Crippen LogP contribution in [0.2, 0.25) is 5.02 Å². The van der Waals surface area contributed by atoms with Crippen molar-refractivity contribution in [2.45, 2.75) is 6.54 Å². The summed E-state index contributed by atoms with van der Waals surface area (Å²) in [5, 5.41) is 3.42. The van der Waals surface area contributed by atoms with Gasteiger partial charge in [0.15, 0.2) is 0 Å². The third-order valence-corrected chi connectivity index (χ3v) is 4.18. The predicted molar refractivity (Wildman–Crippen MR) is 75.1 cm³/mol. The Morgan fingerprint density at radius 3 is 2.95 bits per heavy atom. The van der Waals surface area contributed by atoms with E-state index in [0.717, 1.165) is 22.6 Å². The summed E-state index contributed by atoms with van der Waals surface area (Å²) in [4.78, 5) is 0. The molecule has 0 bridgehead atoms. The molecular weight excluding hydrogens is 332 g/mol. The van der Waals surface area contributed by atoms with Gasteiger partial charge in [-0.2, -0.15) is 0 Å². The van der Waals surface area contributed by atoms with Crippen LogP contribution in [0.15, 0.2) is 44.3 Å². The number of fused-ring (bicyclic) bond motifs is 1. The van der Waals surface area contributed by atoms with Crippen LogP contribution in [0, 0.1) is 5.82 Å². The third kappa shape index (κ3) is 2.63. The summed E-state index contributed by atoms with van der Waals surface area (Å²) in [6, 6.07) is 10.6. The fourth-order valence-electron chi connectivity index (χ4n) is 1.80. The second-order valence-corrected chi connectivity index (χ2v) is 5.56. The van der Waals surface area contributed by atoms with E-state index in [4.69, 9.17) is 11.6 Å². The van der Waals surface area contributed by atoms with Gasteiger partial charge in [-0.3, -0.25) is 0 Å². The van der Waals surface area contributed by atoms with Crippen molar-refractivity contribution in [3.05, 3.63) is 52.8 Å². The SMILES string of the molecule is Fc1ccc(CNc2cccc3c2N=[Se]=N3)cc1Cl. The number of nitrogens with one attached hydrogen (secondary N) is 1. The Balaban J connectivity index is 1.78. The number of hydrogen-bond donors (Lipinski definition) is 1. The Bertz CT molecular complexity index is 711. The van der Waals surface area contributed by atoms with Gasteiger partial charge in [-0.05, 0) is 0 Å². The van der Waals surface area contributed by atoms with Crippen LogP contribution < -0.4 is 5.32 Å². The molecule has 3 nitrogen and oxygen atoms in total. The van der Waals surface area contributed by atoms with Gasteiger partial charge >= 0.3 is 120 Å². The molecule has 0 saturated heterocycles. The molecule has 0 unspecified atom stereocenters. The van der Waals surface area contributed by atoms with E-state index in [9.17, 15) is 4.39 Å².